The molecule has 1 saturated heterocycles. The molecule has 1 N–H and O–H groups in total. The summed E-state index contributed by atoms with van der Waals surface area (Å²) in [5.74, 6) is -0.466. The Morgan fingerprint density at radius 1 is 1.25 bits per heavy atom. The van der Waals surface area contributed by atoms with Crippen LogP contribution in [0, 0.1) is 6.92 Å². The summed E-state index contributed by atoms with van der Waals surface area (Å²) < 4.78 is 0. The molecule has 28 heavy (non-hydrogen) atoms. The average molecular weight is 457 g/mol. The molecular weight excluding hydrogens is 441 g/mol. The number of rotatable bonds is 4. The Labute approximate surface area is 182 Å². The largest absolute Gasteiger partial charge is 0.326 e. The summed E-state index contributed by atoms with van der Waals surface area (Å²) in [4.78, 5) is 30.8. The molecule has 5 nitrogen and oxygen atoms in total. The maximum atomic E-state index is 12.5. The van der Waals surface area contributed by atoms with Crippen LogP contribution in [0.25, 0.3) is 0 Å². The van der Waals surface area contributed by atoms with Gasteiger partial charge in [-0.25, -0.2) is 4.99 Å². The molecule has 0 unspecified atom stereocenters. The molecule has 2 amide bonds. The van der Waals surface area contributed by atoms with Crippen LogP contribution in [-0.4, -0.2) is 34.2 Å². The van der Waals surface area contributed by atoms with Gasteiger partial charge in [0.1, 0.15) is 5.25 Å². The van der Waals surface area contributed by atoms with Crippen molar-refractivity contribution >= 4 is 74.9 Å². The van der Waals surface area contributed by atoms with E-state index in [1.54, 1.807) is 37.4 Å². The van der Waals surface area contributed by atoms with Gasteiger partial charge in [-0.05, 0) is 36.8 Å². The van der Waals surface area contributed by atoms with E-state index < -0.39 is 5.25 Å². The number of hydrogen-bond donors (Lipinski definition) is 1. The summed E-state index contributed by atoms with van der Waals surface area (Å²) in [7, 11) is 1.62. The van der Waals surface area contributed by atoms with Crippen molar-refractivity contribution in [2.75, 3.05) is 12.4 Å². The van der Waals surface area contributed by atoms with Crippen LogP contribution in [0.2, 0.25) is 15.1 Å². The second-order valence-corrected chi connectivity index (χ2v) is 8.57. The number of carbonyl (C=O) groups excluding carboxylic acids is 2. The number of nitrogens with zero attached hydrogens (tertiary/aromatic N) is 2. The van der Waals surface area contributed by atoms with Gasteiger partial charge in [-0.3, -0.25) is 14.5 Å². The number of thioether (sulfide) groups is 1. The quantitative estimate of drug-likeness (QED) is 0.656. The van der Waals surface area contributed by atoms with E-state index in [1.807, 2.05) is 13.0 Å². The first-order valence-corrected chi connectivity index (χ1v) is 10.3. The topological polar surface area (TPSA) is 61.8 Å². The van der Waals surface area contributed by atoms with E-state index in [0.717, 1.165) is 5.56 Å². The zero-order valence-corrected chi connectivity index (χ0v) is 18.1. The standard InChI is InChI=1S/C19H16Cl3N3O2S/c1-10-6-7-11(20)8-14(10)23-16(26)9-15-18(27)25(2)19(28-15)24-13-5-3-4-12(21)17(13)22/h3-8,15H,9H2,1-2H3,(H,23,26)/t15-/m1/s1. The van der Waals surface area contributed by atoms with Crippen molar-refractivity contribution in [2.45, 2.75) is 18.6 Å². The summed E-state index contributed by atoms with van der Waals surface area (Å²) >= 11 is 19.4. The zero-order valence-electron chi connectivity index (χ0n) is 15.0. The minimum Gasteiger partial charge on any atom is -0.326 e. The number of aryl methyl sites for hydroxylation is 1. The highest BCUT2D eigenvalue weighted by molar-refractivity contribution is 8.15. The van der Waals surface area contributed by atoms with Gasteiger partial charge in [-0.2, -0.15) is 0 Å². The van der Waals surface area contributed by atoms with Crippen molar-refractivity contribution < 1.29 is 9.59 Å². The fraction of sp³-hybridized carbons (Fsp3) is 0.211. The molecule has 0 aliphatic carbocycles. The molecule has 1 atom stereocenters. The summed E-state index contributed by atoms with van der Waals surface area (Å²) in [6.07, 6.45) is 0.0160. The normalized spacial score (nSPS) is 18.0. The maximum Gasteiger partial charge on any atom is 0.242 e. The number of amidine groups is 1. The van der Waals surface area contributed by atoms with E-state index in [1.165, 1.54) is 16.7 Å². The van der Waals surface area contributed by atoms with Crippen molar-refractivity contribution in [3.05, 3.63) is 57.0 Å². The molecule has 0 aromatic heterocycles. The molecule has 3 rings (SSSR count). The third-order valence-electron chi connectivity index (χ3n) is 4.13. The van der Waals surface area contributed by atoms with E-state index >= 15 is 0 Å². The summed E-state index contributed by atoms with van der Waals surface area (Å²) in [5.41, 5.74) is 1.98. The maximum absolute atomic E-state index is 12.5. The van der Waals surface area contributed by atoms with Crippen LogP contribution in [0.3, 0.4) is 0 Å². The predicted octanol–water partition coefficient (Wildman–Crippen LogP) is 5.55. The van der Waals surface area contributed by atoms with Crippen molar-refractivity contribution in [3.63, 3.8) is 0 Å². The Morgan fingerprint density at radius 2 is 2.00 bits per heavy atom. The van der Waals surface area contributed by atoms with E-state index in [2.05, 4.69) is 10.3 Å². The minimum absolute atomic E-state index is 0.0160. The summed E-state index contributed by atoms with van der Waals surface area (Å²) in [5, 5.41) is 3.93. The van der Waals surface area contributed by atoms with E-state index in [4.69, 9.17) is 34.8 Å². The summed E-state index contributed by atoms with van der Waals surface area (Å²) in [6.45, 7) is 1.87. The first-order chi connectivity index (χ1) is 13.3. The SMILES string of the molecule is Cc1ccc(Cl)cc1NC(=O)C[C@H]1SC(=Nc2cccc(Cl)c2Cl)N(C)C1=O. The number of amides is 2. The fourth-order valence-electron chi connectivity index (χ4n) is 2.58. The number of aliphatic imine (C=N–C) groups is 1. The van der Waals surface area contributed by atoms with Crippen LogP contribution in [0.5, 0.6) is 0 Å². The second-order valence-electron chi connectivity index (χ2n) is 6.18. The second kappa shape index (κ2) is 8.74. The van der Waals surface area contributed by atoms with Gasteiger partial charge >= 0.3 is 0 Å². The van der Waals surface area contributed by atoms with Gasteiger partial charge in [0.25, 0.3) is 0 Å². The number of hydrogen-bond acceptors (Lipinski definition) is 4. The molecule has 2 aromatic carbocycles. The Kier molecular flexibility index (Phi) is 6.55. The Morgan fingerprint density at radius 3 is 2.75 bits per heavy atom. The van der Waals surface area contributed by atoms with Crippen LogP contribution in [0.15, 0.2) is 41.4 Å². The lowest BCUT2D eigenvalue weighted by atomic mass is 10.2. The minimum atomic E-state index is -0.568. The van der Waals surface area contributed by atoms with E-state index in [9.17, 15) is 9.59 Å². The lowest BCUT2D eigenvalue weighted by molar-refractivity contribution is -0.127. The van der Waals surface area contributed by atoms with Gasteiger partial charge in [0.05, 0.1) is 15.7 Å². The Balaban J connectivity index is 1.73. The number of carbonyl (C=O) groups is 2. The molecule has 0 saturated carbocycles. The molecular formula is C19H16Cl3N3O2S. The van der Waals surface area contributed by atoms with Crippen molar-refractivity contribution in [1.29, 1.82) is 0 Å². The van der Waals surface area contributed by atoms with Gasteiger partial charge in [-0.1, -0.05) is 58.7 Å². The number of anilines is 1. The van der Waals surface area contributed by atoms with Crippen molar-refractivity contribution in [2.24, 2.45) is 4.99 Å². The molecule has 1 aliphatic heterocycles. The predicted molar refractivity (Wildman–Crippen MR) is 117 cm³/mol. The number of nitrogens with one attached hydrogen (secondary N) is 1. The van der Waals surface area contributed by atoms with Crippen molar-refractivity contribution in [3.8, 4) is 0 Å². The fourth-order valence-corrected chi connectivity index (χ4v) is 4.23. The molecule has 1 aliphatic rings. The zero-order chi connectivity index (χ0) is 20.4. The van der Waals surface area contributed by atoms with Gasteiger partial charge < -0.3 is 5.32 Å². The van der Waals surface area contributed by atoms with E-state index in [0.29, 0.717) is 31.6 Å². The molecule has 1 heterocycles. The highest BCUT2D eigenvalue weighted by Crippen LogP contribution is 2.36. The van der Waals surface area contributed by atoms with Crippen LogP contribution in [0.4, 0.5) is 11.4 Å². The molecule has 0 spiro atoms. The third-order valence-corrected chi connectivity index (χ3v) is 6.41. The van der Waals surface area contributed by atoms with Crippen LogP contribution >= 0.6 is 46.6 Å². The lowest BCUT2D eigenvalue weighted by Gasteiger charge is -2.11. The number of halogens is 3. The molecule has 0 radical (unpaired) electrons. The Bertz CT molecular complexity index is 981. The monoisotopic (exact) mass is 455 g/mol. The smallest absolute Gasteiger partial charge is 0.242 e. The average Bonchev–Trinajstić information content (AvgIpc) is 2.90. The highest BCUT2D eigenvalue weighted by Gasteiger charge is 2.37. The first kappa shape index (κ1) is 21.0. The molecule has 2 aromatic rings. The van der Waals surface area contributed by atoms with Gasteiger partial charge in [0.15, 0.2) is 5.17 Å². The van der Waals surface area contributed by atoms with Gasteiger partial charge in [0.2, 0.25) is 11.8 Å². The highest BCUT2D eigenvalue weighted by atomic mass is 35.5. The lowest BCUT2D eigenvalue weighted by Crippen LogP contribution is -2.30. The van der Waals surface area contributed by atoms with Crippen molar-refractivity contribution in [1.82, 2.24) is 4.90 Å². The van der Waals surface area contributed by atoms with Crippen LogP contribution < -0.4 is 5.32 Å². The molecule has 9 heteroatoms. The van der Waals surface area contributed by atoms with Crippen LogP contribution in [-0.2, 0) is 9.59 Å². The molecule has 0 bridgehead atoms. The molecule has 146 valence electrons. The number of benzene rings is 2. The molecule has 1 fully saturated rings. The summed E-state index contributed by atoms with van der Waals surface area (Å²) in [6, 6.07) is 10.4. The first-order valence-electron chi connectivity index (χ1n) is 8.29. The van der Waals surface area contributed by atoms with E-state index in [-0.39, 0.29) is 18.2 Å². The van der Waals surface area contributed by atoms with Gasteiger partial charge in [0, 0.05) is 24.2 Å². The van der Waals surface area contributed by atoms with Gasteiger partial charge in [-0.15, -0.1) is 0 Å². The Hall–Kier alpha value is -1.73. The third kappa shape index (κ3) is 4.63. The van der Waals surface area contributed by atoms with Crippen LogP contribution in [0.1, 0.15) is 12.0 Å².